The Kier molecular flexibility index (Phi) is 8.52. The lowest BCUT2D eigenvalue weighted by molar-refractivity contribution is -0.116. The fourth-order valence-electron chi connectivity index (χ4n) is 3.22. The van der Waals surface area contributed by atoms with Gasteiger partial charge in [-0.15, -0.1) is 0 Å². The van der Waals surface area contributed by atoms with Crippen LogP contribution in [0.1, 0.15) is 30.5 Å². The van der Waals surface area contributed by atoms with E-state index in [2.05, 4.69) is 35.1 Å². The van der Waals surface area contributed by atoms with E-state index in [9.17, 15) is 9.18 Å². The van der Waals surface area contributed by atoms with Crippen LogP contribution in [-0.4, -0.2) is 28.9 Å². The number of carbonyl (C=O) groups is 1. The fourth-order valence-corrected chi connectivity index (χ4v) is 3.22. The number of nitrogens with one attached hydrogen (secondary N) is 1. The van der Waals surface area contributed by atoms with E-state index in [4.69, 9.17) is 4.74 Å². The minimum Gasteiger partial charge on any atom is -0.453 e. The monoisotopic (exact) mass is 433 g/mol. The van der Waals surface area contributed by atoms with Gasteiger partial charge in [0, 0.05) is 25.4 Å². The molecule has 0 aliphatic carbocycles. The zero-order valence-electron chi connectivity index (χ0n) is 18.4. The largest absolute Gasteiger partial charge is 0.453 e. The van der Waals surface area contributed by atoms with E-state index in [1.54, 1.807) is 30.5 Å². The third kappa shape index (κ3) is 6.75. The molecule has 0 bridgehead atoms. The first-order chi connectivity index (χ1) is 15.6. The number of halogens is 1. The summed E-state index contributed by atoms with van der Waals surface area (Å²) < 4.78 is 19.8. The lowest BCUT2D eigenvalue weighted by atomic mass is 10.1. The third-order valence-corrected chi connectivity index (χ3v) is 5.11. The van der Waals surface area contributed by atoms with E-state index in [0.717, 1.165) is 25.2 Å². The number of ether oxygens (including phenoxy) is 1. The van der Waals surface area contributed by atoms with Crippen LogP contribution in [-0.2, 0) is 17.9 Å². The number of pyridine rings is 1. The summed E-state index contributed by atoms with van der Waals surface area (Å²) in [6.07, 6.45) is 6.11. The number of hydrogen-bond acceptors (Lipinski definition) is 4. The number of benzene rings is 2. The summed E-state index contributed by atoms with van der Waals surface area (Å²) in [6.45, 7) is 7.51. The average molecular weight is 434 g/mol. The second-order valence-corrected chi connectivity index (χ2v) is 7.26. The van der Waals surface area contributed by atoms with Crippen molar-refractivity contribution in [2.45, 2.75) is 26.9 Å². The Hall–Kier alpha value is -3.51. The van der Waals surface area contributed by atoms with E-state index < -0.39 is 5.82 Å². The molecule has 0 fully saturated rings. The standard InChI is InChI=1S/C26H28FN3O2/c1-3-30(4-2)19-22-9-6-5-8-21(22)17-29-26(31)14-12-20-11-13-25(24(27)16-20)32-23-10-7-15-28-18-23/h5-16,18H,3-4,17,19H2,1-2H3,(H,29,31)/b14-12+. The highest BCUT2D eigenvalue weighted by Crippen LogP contribution is 2.24. The summed E-state index contributed by atoms with van der Waals surface area (Å²) in [7, 11) is 0. The Balaban J connectivity index is 1.57. The summed E-state index contributed by atoms with van der Waals surface area (Å²) in [6, 6.07) is 16.1. The number of rotatable bonds is 10. The van der Waals surface area contributed by atoms with Crippen molar-refractivity contribution in [3.05, 3.63) is 95.6 Å². The maximum absolute atomic E-state index is 14.4. The van der Waals surface area contributed by atoms with Gasteiger partial charge < -0.3 is 10.1 Å². The Bertz CT molecular complexity index is 1050. The van der Waals surface area contributed by atoms with Crippen LogP contribution in [0.2, 0.25) is 0 Å². The first kappa shape index (κ1) is 23.2. The van der Waals surface area contributed by atoms with Crippen molar-refractivity contribution in [2.75, 3.05) is 13.1 Å². The molecular weight excluding hydrogens is 405 g/mol. The van der Waals surface area contributed by atoms with Gasteiger partial charge in [-0.05, 0) is 60.1 Å². The van der Waals surface area contributed by atoms with E-state index in [1.165, 1.54) is 30.0 Å². The molecule has 1 N–H and O–H groups in total. The van der Waals surface area contributed by atoms with Crippen LogP contribution < -0.4 is 10.1 Å². The van der Waals surface area contributed by atoms with Crippen LogP contribution in [0, 0.1) is 5.82 Å². The van der Waals surface area contributed by atoms with Crippen LogP contribution >= 0.6 is 0 Å². The molecular formula is C26H28FN3O2. The van der Waals surface area contributed by atoms with Crippen LogP contribution in [0.3, 0.4) is 0 Å². The topological polar surface area (TPSA) is 54.5 Å². The molecule has 0 radical (unpaired) electrons. The van der Waals surface area contributed by atoms with Crippen molar-refractivity contribution in [3.63, 3.8) is 0 Å². The normalized spacial score (nSPS) is 11.1. The highest BCUT2D eigenvalue weighted by Gasteiger charge is 2.08. The number of nitrogens with zero attached hydrogens (tertiary/aromatic N) is 2. The maximum atomic E-state index is 14.4. The molecule has 0 saturated heterocycles. The van der Waals surface area contributed by atoms with Gasteiger partial charge in [-0.3, -0.25) is 14.7 Å². The summed E-state index contributed by atoms with van der Waals surface area (Å²) in [5, 5.41) is 2.91. The first-order valence-electron chi connectivity index (χ1n) is 10.7. The molecule has 166 valence electrons. The van der Waals surface area contributed by atoms with Crippen LogP contribution in [0.15, 0.2) is 73.1 Å². The highest BCUT2D eigenvalue weighted by atomic mass is 19.1. The quantitative estimate of drug-likeness (QED) is 0.448. The summed E-state index contributed by atoms with van der Waals surface area (Å²) in [5.74, 6) is -0.194. The van der Waals surface area contributed by atoms with Gasteiger partial charge in [0.15, 0.2) is 11.6 Å². The van der Waals surface area contributed by atoms with Crippen LogP contribution in [0.4, 0.5) is 4.39 Å². The lowest BCUT2D eigenvalue weighted by Crippen LogP contribution is -2.25. The molecule has 3 aromatic rings. The van der Waals surface area contributed by atoms with E-state index in [0.29, 0.717) is 17.9 Å². The predicted molar refractivity (Wildman–Crippen MR) is 125 cm³/mol. The van der Waals surface area contributed by atoms with Gasteiger partial charge in [-0.1, -0.05) is 44.2 Å². The molecule has 0 spiro atoms. The van der Waals surface area contributed by atoms with Gasteiger partial charge in [0.25, 0.3) is 0 Å². The molecule has 32 heavy (non-hydrogen) atoms. The number of hydrogen-bond donors (Lipinski definition) is 1. The molecule has 2 aromatic carbocycles. The number of amides is 1. The second kappa shape index (κ2) is 11.8. The minimum atomic E-state index is -0.512. The Morgan fingerprint density at radius 1 is 1.09 bits per heavy atom. The van der Waals surface area contributed by atoms with Gasteiger partial charge in [-0.25, -0.2) is 4.39 Å². The predicted octanol–water partition coefficient (Wildman–Crippen LogP) is 5.18. The zero-order valence-corrected chi connectivity index (χ0v) is 18.4. The minimum absolute atomic E-state index is 0.101. The molecule has 1 aromatic heterocycles. The SMILES string of the molecule is CCN(CC)Cc1ccccc1CNC(=O)/C=C/c1ccc(Oc2cccnc2)c(F)c1. The van der Waals surface area contributed by atoms with Crippen molar-refractivity contribution in [1.82, 2.24) is 15.2 Å². The molecule has 3 rings (SSSR count). The van der Waals surface area contributed by atoms with Crippen LogP contribution in [0.25, 0.3) is 6.08 Å². The Morgan fingerprint density at radius 2 is 1.88 bits per heavy atom. The van der Waals surface area contributed by atoms with Crippen molar-refractivity contribution >= 4 is 12.0 Å². The summed E-state index contributed by atoms with van der Waals surface area (Å²) in [5.41, 5.74) is 2.86. The van der Waals surface area contributed by atoms with Crippen molar-refractivity contribution in [1.29, 1.82) is 0 Å². The lowest BCUT2D eigenvalue weighted by Gasteiger charge is -2.20. The van der Waals surface area contributed by atoms with Gasteiger partial charge in [0.2, 0.25) is 5.91 Å². The molecule has 0 aliphatic heterocycles. The Labute approximate surface area is 188 Å². The van der Waals surface area contributed by atoms with Crippen molar-refractivity contribution < 1.29 is 13.9 Å². The smallest absolute Gasteiger partial charge is 0.244 e. The number of aromatic nitrogens is 1. The summed E-state index contributed by atoms with van der Waals surface area (Å²) >= 11 is 0. The first-order valence-corrected chi connectivity index (χ1v) is 10.7. The zero-order chi connectivity index (χ0) is 22.8. The Morgan fingerprint density at radius 3 is 2.56 bits per heavy atom. The van der Waals surface area contributed by atoms with E-state index >= 15 is 0 Å². The van der Waals surface area contributed by atoms with Crippen molar-refractivity contribution in [3.8, 4) is 11.5 Å². The molecule has 5 nitrogen and oxygen atoms in total. The average Bonchev–Trinajstić information content (AvgIpc) is 2.82. The molecule has 6 heteroatoms. The summed E-state index contributed by atoms with van der Waals surface area (Å²) in [4.78, 5) is 18.6. The van der Waals surface area contributed by atoms with Gasteiger partial charge >= 0.3 is 0 Å². The third-order valence-electron chi connectivity index (χ3n) is 5.11. The van der Waals surface area contributed by atoms with E-state index in [1.807, 2.05) is 18.2 Å². The van der Waals surface area contributed by atoms with Gasteiger partial charge in [0.05, 0.1) is 6.20 Å². The molecule has 0 atom stereocenters. The second-order valence-electron chi connectivity index (χ2n) is 7.26. The van der Waals surface area contributed by atoms with E-state index in [-0.39, 0.29) is 11.7 Å². The molecule has 0 aliphatic rings. The highest BCUT2D eigenvalue weighted by molar-refractivity contribution is 5.91. The molecule has 1 amide bonds. The van der Waals surface area contributed by atoms with Crippen LogP contribution in [0.5, 0.6) is 11.5 Å². The van der Waals surface area contributed by atoms with Crippen molar-refractivity contribution in [2.24, 2.45) is 0 Å². The van der Waals surface area contributed by atoms with Gasteiger partial charge in [0.1, 0.15) is 5.75 Å². The van der Waals surface area contributed by atoms with Gasteiger partial charge in [-0.2, -0.15) is 0 Å². The maximum Gasteiger partial charge on any atom is 0.244 e. The molecule has 0 unspecified atom stereocenters. The molecule has 0 saturated carbocycles. The fraction of sp³-hybridized carbons (Fsp3) is 0.231. The molecule has 1 heterocycles. The number of carbonyl (C=O) groups excluding carboxylic acids is 1.